The molecule has 0 fully saturated rings. The van der Waals surface area contributed by atoms with E-state index in [1.165, 1.54) is 0 Å². The Kier molecular flexibility index (Phi) is 6.82. The number of hydrogen-bond donors (Lipinski definition) is 3. The molecular weight excluding hydrogens is 342 g/mol. The van der Waals surface area contributed by atoms with Gasteiger partial charge in [0.2, 0.25) is 5.91 Å². The maximum absolute atomic E-state index is 12.5. The Morgan fingerprint density at radius 1 is 1.00 bits per heavy atom. The zero-order valence-corrected chi connectivity index (χ0v) is 16.5. The van der Waals surface area contributed by atoms with Crippen LogP contribution in [0.15, 0.2) is 36.4 Å². The van der Waals surface area contributed by atoms with Gasteiger partial charge in [0.25, 0.3) is 0 Å². The molecule has 6 nitrogen and oxygen atoms in total. The van der Waals surface area contributed by atoms with Crippen molar-refractivity contribution in [2.75, 3.05) is 22.6 Å². The molecule has 3 N–H and O–H groups in total. The van der Waals surface area contributed by atoms with Crippen molar-refractivity contribution in [1.82, 2.24) is 0 Å². The number of benzene rings is 2. The molecule has 0 aliphatic heterocycles. The van der Waals surface area contributed by atoms with Crippen molar-refractivity contribution in [1.29, 1.82) is 0 Å². The summed E-state index contributed by atoms with van der Waals surface area (Å²) in [5.74, 6) is -0.134. The van der Waals surface area contributed by atoms with Crippen LogP contribution < -0.4 is 16.0 Å². The predicted molar refractivity (Wildman–Crippen MR) is 109 cm³/mol. The first-order chi connectivity index (χ1) is 12.8. The summed E-state index contributed by atoms with van der Waals surface area (Å²) in [7, 11) is 0. The summed E-state index contributed by atoms with van der Waals surface area (Å²) < 4.78 is 4.91. The van der Waals surface area contributed by atoms with Crippen LogP contribution in [0.2, 0.25) is 0 Å². The standard InChI is InChI=1S/C21H27N3O3/c1-6-27-21(26)24-19-9-7-8-18(15(19)4)22-16(5)20(25)23-17-11-10-13(2)12-14(17)3/h7-12,16,22H,6H2,1-5H3,(H,23,25)(H,24,26)/t16-/m0/s1. The number of hydrogen-bond acceptors (Lipinski definition) is 4. The molecular formula is C21H27N3O3. The average molecular weight is 369 g/mol. The zero-order valence-electron chi connectivity index (χ0n) is 16.5. The molecule has 2 rings (SSSR count). The summed E-state index contributed by atoms with van der Waals surface area (Å²) in [4.78, 5) is 24.2. The van der Waals surface area contributed by atoms with Crippen molar-refractivity contribution < 1.29 is 14.3 Å². The van der Waals surface area contributed by atoms with Crippen molar-refractivity contribution in [3.8, 4) is 0 Å². The maximum Gasteiger partial charge on any atom is 0.411 e. The minimum Gasteiger partial charge on any atom is -0.450 e. The minimum absolute atomic E-state index is 0.134. The van der Waals surface area contributed by atoms with E-state index in [1.807, 2.05) is 51.1 Å². The Hall–Kier alpha value is -3.02. The molecule has 2 amide bonds. The summed E-state index contributed by atoms with van der Waals surface area (Å²) >= 11 is 0. The molecule has 6 heteroatoms. The van der Waals surface area contributed by atoms with Gasteiger partial charge >= 0.3 is 6.09 Å². The molecule has 0 saturated heterocycles. The van der Waals surface area contributed by atoms with E-state index in [0.29, 0.717) is 12.3 Å². The lowest BCUT2D eigenvalue weighted by molar-refractivity contribution is -0.116. The Bertz CT molecular complexity index is 833. The summed E-state index contributed by atoms with van der Waals surface area (Å²) in [5, 5.41) is 8.86. The number of ether oxygens (including phenoxy) is 1. The molecule has 0 aliphatic carbocycles. The van der Waals surface area contributed by atoms with Gasteiger partial charge in [-0.2, -0.15) is 0 Å². The largest absolute Gasteiger partial charge is 0.450 e. The molecule has 0 aliphatic rings. The van der Waals surface area contributed by atoms with Gasteiger partial charge in [-0.25, -0.2) is 4.79 Å². The Labute approximate surface area is 160 Å². The fraction of sp³-hybridized carbons (Fsp3) is 0.333. The van der Waals surface area contributed by atoms with Crippen molar-refractivity contribution >= 4 is 29.1 Å². The van der Waals surface area contributed by atoms with Crippen LogP contribution in [0.5, 0.6) is 0 Å². The average Bonchev–Trinajstić information content (AvgIpc) is 2.61. The van der Waals surface area contributed by atoms with Crippen LogP contribution in [0.3, 0.4) is 0 Å². The van der Waals surface area contributed by atoms with Gasteiger partial charge in [-0.05, 0) is 63.9 Å². The Morgan fingerprint density at radius 3 is 2.37 bits per heavy atom. The zero-order chi connectivity index (χ0) is 20.0. The van der Waals surface area contributed by atoms with Gasteiger partial charge in [0.1, 0.15) is 6.04 Å². The lowest BCUT2D eigenvalue weighted by Gasteiger charge is -2.19. The van der Waals surface area contributed by atoms with Crippen LogP contribution in [-0.2, 0) is 9.53 Å². The van der Waals surface area contributed by atoms with E-state index in [1.54, 1.807) is 19.9 Å². The normalized spacial score (nSPS) is 11.4. The van der Waals surface area contributed by atoms with E-state index in [9.17, 15) is 9.59 Å². The van der Waals surface area contributed by atoms with Crippen LogP contribution in [0.25, 0.3) is 0 Å². The molecule has 0 saturated carbocycles. The Balaban J connectivity index is 2.07. The van der Waals surface area contributed by atoms with Gasteiger partial charge in [-0.15, -0.1) is 0 Å². The van der Waals surface area contributed by atoms with Gasteiger partial charge in [0, 0.05) is 17.1 Å². The van der Waals surface area contributed by atoms with Crippen LogP contribution in [0.1, 0.15) is 30.5 Å². The third-order valence-electron chi connectivity index (χ3n) is 4.25. The third kappa shape index (κ3) is 5.48. The quantitative estimate of drug-likeness (QED) is 0.694. The molecule has 0 heterocycles. The van der Waals surface area contributed by atoms with E-state index < -0.39 is 12.1 Å². The maximum atomic E-state index is 12.5. The molecule has 0 unspecified atom stereocenters. The second-order valence-corrected chi connectivity index (χ2v) is 6.50. The summed E-state index contributed by atoms with van der Waals surface area (Å²) in [6, 6.07) is 10.9. The molecule has 2 aromatic rings. The monoisotopic (exact) mass is 369 g/mol. The summed E-state index contributed by atoms with van der Waals surface area (Å²) in [6.45, 7) is 9.71. The van der Waals surface area contributed by atoms with Crippen LogP contribution in [-0.4, -0.2) is 24.6 Å². The summed E-state index contributed by atoms with van der Waals surface area (Å²) in [5.41, 5.74) is 5.21. The molecule has 0 spiro atoms. The number of carbonyl (C=O) groups excluding carboxylic acids is 2. The Morgan fingerprint density at radius 2 is 1.70 bits per heavy atom. The predicted octanol–water partition coefficient (Wildman–Crippen LogP) is 4.62. The topological polar surface area (TPSA) is 79.5 Å². The highest BCUT2D eigenvalue weighted by Gasteiger charge is 2.16. The lowest BCUT2D eigenvalue weighted by Crippen LogP contribution is -2.32. The second kappa shape index (κ2) is 9.07. The van der Waals surface area contributed by atoms with Gasteiger partial charge in [-0.3, -0.25) is 10.1 Å². The highest BCUT2D eigenvalue weighted by molar-refractivity contribution is 5.97. The molecule has 2 aromatic carbocycles. The van der Waals surface area contributed by atoms with Gasteiger partial charge in [0.05, 0.1) is 6.61 Å². The molecule has 27 heavy (non-hydrogen) atoms. The smallest absolute Gasteiger partial charge is 0.411 e. The number of rotatable bonds is 6. The lowest BCUT2D eigenvalue weighted by atomic mass is 10.1. The third-order valence-corrected chi connectivity index (χ3v) is 4.25. The van der Waals surface area contributed by atoms with Gasteiger partial charge in [0.15, 0.2) is 0 Å². The van der Waals surface area contributed by atoms with Crippen molar-refractivity contribution in [2.45, 2.75) is 40.7 Å². The van der Waals surface area contributed by atoms with Crippen LogP contribution in [0, 0.1) is 20.8 Å². The second-order valence-electron chi connectivity index (χ2n) is 6.50. The van der Waals surface area contributed by atoms with Crippen LogP contribution in [0.4, 0.5) is 21.9 Å². The van der Waals surface area contributed by atoms with E-state index in [-0.39, 0.29) is 5.91 Å². The number of amides is 2. The van der Waals surface area contributed by atoms with Gasteiger partial charge in [-0.1, -0.05) is 23.8 Å². The van der Waals surface area contributed by atoms with E-state index in [4.69, 9.17) is 4.74 Å². The molecule has 0 aromatic heterocycles. The van der Waals surface area contributed by atoms with Crippen molar-refractivity contribution in [3.05, 3.63) is 53.1 Å². The highest BCUT2D eigenvalue weighted by Crippen LogP contribution is 2.24. The number of aryl methyl sites for hydroxylation is 2. The van der Waals surface area contributed by atoms with Crippen LogP contribution >= 0.6 is 0 Å². The first-order valence-corrected chi connectivity index (χ1v) is 8.99. The molecule has 0 radical (unpaired) electrons. The number of anilines is 3. The minimum atomic E-state index is -0.501. The first kappa shape index (κ1) is 20.3. The van der Waals surface area contributed by atoms with E-state index in [0.717, 1.165) is 28.1 Å². The van der Waals surface area contributed by atoms with E-state index in [2.05, 4.69) is 16.0 Å². The fourth-order valence-corrected chi connectivity index (χ4v) is 2.70. The summed E-state index contributed by atoms with van der Waals surface area (Å²) in [6.07, 6.45) is -0.501. The molecule has 1 atom stereocenters. The van der Waals surface area contributed by atoms with E-state index >= 15 is 0 Å². The highest BCUT2D eigenvalue weighted by atomic mass is 16.5. The number of carbonyl (C=O) groups is 2. The SMILES string of the molecule is CCOC(=O)Nc1cccc(N[C@@H](C)C(=O)Nc2ccc(C)cc2C)c1C. The van der Waals surface area contributed by atoms with Crippen molar-refractivity contribution in [2.24, 2.45) is 0 Å². The molecule has 0 bridgehead atoms. The fourth-order valence-electron chi connectivity index (χ4n) is 2.70. The number of nitrogens with one attached hydrogen (secondary N) is 3. The first-order valence-electron chi connectivity index (χ1n) is 8.99. The van der Waals surface area contributed by atoms with Gasteiger partial charge < -0.3 is 15.4 Å². The molecule has 144 valence electrons. The van der Waals surface area contributed by atoms with Crippen molar-refractivity contribution in [3.63, 3.8) is 0 Å².